The van der Waals surface area contributed by atoms with E-state index in [2.05, 4.69) is 11.4 Å². The molecule has 0 aromatic heterocycles. The summed E-state index contributed by atoms with van der Waals surface area (Å²) >= 11 is 5.93. The smallest absolute Gasteiger partial charge is 0.0474 e. The molecular weight excluding hydrogens is 222 g/mol. The molecule has 2 nitrogen and oxygen atoms in total. The van der Waals surface area contributed by atoms with Gasteiger partial charge in [-0.3, -0.25) is 0 Å². The number of benzene rings is 1. The monoisotopic (exact) mass is 239 g/mol. The molecule has 1 aromatic carbocycles. The van der Waals surface area contributed by atoms with Crippen LogP contribution >= 0.6 is 11.6 Å². The van der Waals surface area contributed by atoms with E-state index in [1.807, 2.05) is 18.2 Å². The molecule has 0 saturated heterocycles. The highest BCUT2D eigenvalue weighted by molar-refractivity contribution is 6.30. The van der Waals surface area contributed by atoms with E-state index in [1.165, 1.54) is 18.4 Å². The Hall–Kier alpha value is -0.570. The number of aliphatic hydroxyl groups is 1. The second kappa shape index (κ2) is 5.67. The number of aliphatic hydroxyl groups excluding tert-OH is 1. The third-order valence-electron chi connectivity index (χ3n) is 3.35. The molecule has 0 aliphatic heterocycles. The van der Waals surface area contributed by atoms with Crippen LogP contribution in [0.15, 0.2) is 24.3 Å². The molecule has 1 aliphatic rings. The Morgan fingerprint density at radius 2 is 2.25 bits per heavy atom. The normalized spacial score (nSPS) is 24.9. The Morgan fingerprint density at radius 1 is 1.38 bits per heavy atom. The molecule has 2 atom stereocenters. The molecule has 1 aliphatic carbocycles. The maximum atomic E-state index is 9.22. The van der Waals surface area contributed by atoms with Gasteiger partial charge in [0, 0.05) is 24.2 Å². The molecule has 0 bridgehead atoms. The minimum atomic E-state index is 0.299. The molecule has 1 aromatic rings. The Labute approximate surface area is 102 Å². The molecule has 88 valence electrons. The Balaban J connectivity index is 1.87. The van der Waals surface area contributed by atoms with E-state index >= 15 is 0 Å². The van der Waals surface area contributed by atoms with Crippen molar-refractivity contribution < 1.29 is 5.11 Å². The van der Waals surface area contributed by atoms with E-state index in [4.69, 9.17) is 11.6 Å². The van der Waals surface area contributed by atoms with Crippen LogP contribution in [0.1, 0.15) is 24.8 Å². The SMILES string of the molecule is OCC1CCCC1NCc1cccc(Cl)c1. The zero-order chi connectivity index (χ0) is 11.4. The first-order valence-electron chi connectivity index (χ1n) is 5.88. The molecule has 0 heterocycles. The second-order valence-corrected chi connectivity index (χ2v) is 4.93. The van der Waals surface area contributed by atoms with Crippen LogP contribution in [0.25, 0.3) is 0 Å². The third kappa shape index (κ3) is 2.97. The van der Waals surface area contributed by atoms with Gasteiger partial charge in [-0.2, -0.15) is 0 Å². The lowest BCUT2D eigenvalue weighted by Crippen LogP contribution is -2.33. The first-order chi connectivity index (χ1) is 7.79. The van der Waals surface area contributed by atoms with Crippen molar-refractivity contribution in [3.63, 3.8) is 0 Å². The van der Waals surface area contributed by atoms with E-state index in [0.717, 1.165) is 18.0 Å². The van der Waals surface area contributed by atoms with Crippen LogP contribution in [0.5, 0.6) is 0 Å². The van der Waals surface area contributed by atoms with Crippen LogP contribution in [0.3, 0.4) is 0 Å². The molecule has 0 amide bonds. The fourth-order valence-corrected chi connectivity index (χ4v) is 2.63. The van der Waals surface area contributed by atoms with Crippen molar-refractivity contribution in [2.45, 2.75) is 31.8 Å². The van der Waals surface area contributed by atoms with Crippen LogP contribution in [0.4, 0.5) is 0 Å². The summed E-state index contributed by atoms with van der Waals surface area (Å²) in [4.78, 5) is 0. The first-order valence-corrected chi connectivity index (χ1v) is 6.26. The molecule has 1 saturated carbocycles. The van der Waals surface area contributed by atoms with Gasteiger partial charge in [0.05, 0.1) is 0 Å². The van der Waals surface area contributed by atoms with Gasteiger partial charge in [-0.1, -0.05) is 30.2 Å². The Morgan fingerprint density at radius 3 is 3.00 bits per heavy atom. The molecule has 1 fully saturated rings. The van der Waals surface area contributed by atoms with Crippen molar-refractivity contribution in [3.05, 3.63) is 34.9 Å². The first kappa shape index (κ1) is 11.9. The summed E-state index contributed by atoms with van der Waals surface area (Å²) in [5.41, 5.74) is 1.20. The average Bonchev–Trinajstić information content (AvgIpc) is 2.74. The number of nitrogens with one attached hydrogen (secondary N) is 1. The van der Waals surface area contributed by atoms with Gasteiger partial charge < -0.3 is 10.4 Å². The lowest BCUT2D eigenvalue weighted by atomic mass is 10.0. The maximum Gasteiger partial charge on any atom is 0.0474 e. The topological polar surface area (TPSA) is 32.3 Å². The summed E-state index contributed by atoms with van der Waals surface area (Å²) in [6.45, 7) is 1.13. The van der Waals surface area contributed by atoms with Gasteiger partial charge in [0.2, 0.25) is 0 Å². The number of hydrogen-bond donors (Lipinski definition) is 2. The van der Waals surface area contributed by atoms with E-state index in [9.17, 15) is 5.11 Å². The van der Waals surface area contributed by atoms with Crippen LogP contribution in [-0.2, 0) is 6.54 Å². The quantitative estimate of drug-likeness (QED) is 0.847. The predicted molar refractivity (Wildman–Crippen MR) is 66.5 cm³/mol. The summed E-state index contributed by atoms with van der Waals surface area (Å²) in [6.07, 6.45) is 3.54. The van der Waals surface area contributed by atoms with Crippen molar-refractivity contribution >= 4 is 11.6 Å². The van der Waals surface area contributed by atoms with Crippen molar-refractivity contribution in [3.8, 4) is 0 Å². The highest BCUT2D eigenvalue weighted by Gasteiger charge is 2.25. The average molecular weight is 240 g/mol. The summed E-state index contributed by atoms with van der Waals surface area (Å²) in [5, 5.41) is 13.5. The van der Waals surface area contributed by atoms with E-state index in [0.29, 0.717) is 18.6 Å². The van der Waals surface area contributed by atoms with Crippen LogP contribution in [-0.4, -0.2) is 17.8 Å². The van der Waals surface area contributed by atoms with Crippen LogP contribution < -0.4 is 5.32 Å². The van der Waals surface area contributed by atoms with Crippen molar-refractivity contribution in [1.82, 2.24) is 5.32 Å². The summed E-state index contributed by atoms with van der Waals surface area (Å²) in [6, 6.07) is 8.37. The summed E-state index contributed by atoms with van der Waals surface area (Å²) in [7, 11) is 0. The molecule has 3 heteroatoms. The second-order valence-electron chi connectivity index (χ2n) is 4.49. The van der Waals surface area contributed by atoms with Gasteiger partial charge >= 0.3 is 0 Å². The van der Waals surface area contributed by atoms with Crippen molar-refractivity contribution in [2.75, 3.05) is 6.61 Å². The highest BCUT2D eigenvalue weighted by atomic mass is 35.5. The Bertz CT molecular complexity index is 342. The Kier molecular flexibility index (Phi) is 4.22. The van der Waals surface area contributed by atoms with Gasteiger partial charge in [-0.25, -0.2) is 0 Å². The zero-order valence-electron chi connectivity index (χ0n) is 9.32. The zero-order valence-corrected chi connectivity index (χ0v) is 10.1. The van der Waals surface area contributed by atoms with Crippen LogP contribution in [0.2, 0.25) is 5.02 Å². The maximum absolute atomic E-state index is 9.22. The van der Waals surface area contributed by atoms with Gasteiger partial charge in [-0.15, -0.1) is 0 Å². The predicted octanol–water partition coefficient (Wildman–Crippen LogP) is 2.59. The van der Waals surface area contributed by atoms with E-state index < -0.39 is 0 Å². The lowest BCUT2D eigenvalue weighted by Gasteiger charge is -2.19. The summed E-state index contributed by atoms with van der Waals surface area (Å²) in [5.74, 6) is 0.430. The van der Waals surface area contributed by atoms with E-state index in [-0.39, 0.29) is 0 Å². The molecule has 0 radical (unpaired) electrons. The standard InChI is InChI=1S/C13H18ClNO/c14-12-5-1-3-10(7-12)8-15-13-6-2-4-11(13)9-16/h1,3,5,7,11,13,15-16H,2,4,6,8-9H2. The van der Waals surface area contributed by atoms with Gasteiger partial charge in [0.1, 0.15) is 0 Å². The van der Waals surface area contributed by atoms with E-state index in [1.54, 1.807) is 0 Å². The number of halogens is 1. The fourth-order valence-electron chi connectivity index (χ4n) is 2.42. The molecule has 0 spiro atoms. The van der Waals surface area contributed by atoms with Gasteiger partial charge in [0.15, 0.2) is 0 Å². The number of rotatable bonds is 4. The fraction of sp³-hybridized carbons (Fsp3) is 0.538. The van der Waals surface area contributed by atoms with Gasteiger partial charge in [-0.05, 0) is 36.5 Å². The molecular formula is C13H18ClNO. The third-order valence-corrected chi connectivity index (χ3v) is 3.59. The molecule has 2 unspecified atom stereocenters. The minimum Gasteiger partial charge on any atom is -0.396 e. The molecule has 2 N–H and O–H groups in total. The largest absolute Gasteiger partial charge is 0.396 e. The summed E-state index contributed by atoms with van der Waals surface area (Å²) < 4.78 is 0. The number of hydrogen-bond acceptors (Lipinski definition) is 2. The van der Waals surface area contributed by atoms with Crippen LogP contribution in [0, 0.1) is 5.92 Å². The highest BCUT2D eigenvalue weighted by Crippen LogP contribution is 2.25. The lowest BCUT2D eigenvalue weighted by molar-refractivity contribution is 0.205. The van der Waals surface area contributed by atoms with Crippen molar-refractivity contribution in [2.24, 2.45) is 5.92 Å². The molecule has 2 rings (SSSR count). The van der Waals surface area contributed by atoms with Gasteiger partial charge in [0.25, 0.3) is 0 Å². The van der Waals surface area contributed by atoms with Crippen molar-refractivity contribution in [1.29, 1.82) is 0 Å². The molecule has 16 heavy (non-hydrogen) atoms. The minimum absolute atomic E-state index is 0.299.